The van der Waals surface area contributed by atoms with Gasteiger partial charge in [0.15, 0.2) is 0 Å². The first-order chi connectivity index (χ1) is 7.86. The minimum atomic E-state index is -0.385. The summed E-state index contributed by atoms with van der Waals surface area (Å²) in [5, 5.41) is 5.27. The fraction of sp³-hybridized carbons (Fsp3) is 0.167. The van der Waals surface area contributed by atoms with Crippen LogP contribution in [0.1, 0.15) is 5.56 Å². The predicted octanol–water partition coefficient (Wildman–Crippen LogP) is 2.14. The normalized spacial score (nSPS) is 16.2. The Bertz CT molecular complexity index is 412. The highest BCUT2D eigenvalue weighted by Crippen LogP contribution is 2.03. The number of benzene rings is 1. The van der Waals surface area contributed by atoms with Crippen LogP contribution in [-0.2, 0) is 4.74 Å². The molecule has 0 bridgehead atoms. The van der Waals surface area contributed by atoms with Gasteiger partial charge in [-0.15, -0.1) is 0 Å². The Morgan fingerprint density at radius 2 is 2.12 bits per heavy atom. The molecule has 16 heavy (non-hydrogen) atoms. The predicted molar refractivity (Wildman–Crippen MR) is 62.0 cm³/mol. The number of carbonyl (C=O) groups is 1. The van der Waals surface area contributed by atoms with E-state index in [1.54, 1.807) is 12.3 Å². The van der Waals surface area contributed by atoms with Crippen LogP contribution < -0.4 is 0 Å². The molecule has 1 aromatic rings. The zero-order valence-corrected chi connectivity index (χ0v) is 8.74. The molecule has 0 unspecified atom stereocenters. The van der Waals surface area contributed by atoms with E-state index in [0.717, 1.165) is 5.56 Å². The number of hydrazone groups is 1. The van der Waals surface area contributed by atoms with Gasteiger partial charge in [-0.1, -0.05) is 36.4 Å². The summed E-state index contributed by atoms with van der Waals surface area (Å²) >= 11 is 0. The molecule has 4 nitrogen and oxygen atoms in total. The molecule has 1 heterocycles. The third kappa shape index (κ3) is 2.70. The lowest BCUT2D eigenvalue weighted by Crippen LogP contribution is -2.17. The van der Waals surface area contributed by atoms with Crippen LogP contribution in [0.4, 0.5) is 4.79 Å². The van der Waals surface area contributed by atoms with Crippen LogP contribution in [0, 0.1) is 0 Å². The maximum atomic E-state index is 11.0. The quantitative estimate of drug-likeness (QED) is 0.726. The first-order valence-electron chi connectivity index (χ1n) is 5.06. The molecule has 0 radical (unpaired) electrons. The number of cyclic esters (lactones) is 1. The fourth-order valence-electron chi connectivity index (χ4n) is 1.33. The van der Waals surface area contributed by atoms with Crippen LogP contribution in [0.5, 0.6) is 0 Å². The average molecular weight is 216 g/mol. The molecule has 1 saturated heterocycles. The Labute approximate surface area is 93.8 Å². The molecule has 82 valence electrons. The van der Waals surface area contributed by atoms with Crippen LogP contribution in [0.25, 0.3) is 6.08 Å². The summed E-state index contributed by atoms with van der Waals surface area (Å²) in [7, 11) is 0. The number of rotatable bonds is 3. The highest BCUT2D eigenvalue weighted by Gasteiger charge is 2.20. The molecule has 0 spiro atoms. The number of hydrogen-bond donors (Lipinski definition) is 0. The molecular weight excluding hydrogens is 204 g/mol. The van der Waals surface area contributed by atoms with Crippen LogP contribution in [0.3, 0.4) is 0 Å². The summed E-state index contributed by atoms with van der Waals surface area (Å²) in [4.78, 5) is 11.0. The lowest BCUT2D eigenvalue weighted by atomic mass is 10.2. The van der Waals surface area contributed by atoms with Gasteiger partial charge < -0.3 is 4.74 Å². The van der Waals surface area contributed by atoms with E-state index < -0.39 is 0 Å². The van der Waals surface area contributed by atoms with E-state index >= 15 is 0 Å². The molecule has 1 fully saturated rings. The fourth-order valence-corrected chi connectivity index (χ4v) is 1.33. The van der Waals surface area contributed by atoms with E-state index in [9.17, 15) is 4.79 Å². The Balaban J connectivity index is 1.89. The molecule has 0 aliphatic carbocycles. The van der Waals surface area contributed by atoms with Crippen molar-refractivity contribution in [3.05, 3.63) is 42.0 Å². The van der Waals surface area contributed by atoms with Crippen molar-refractivity contribution >= 4 is 18.4 Å². The number of allylic oxidation sites excluding steroid dienone is 1. The Morgan fingerprint density at radius 1 is 1.31 bits per heavy atom. The van der Waals surface area contributed by atoms with Gasteiger partial charge in [-0.3, -0.25) is 0 Å². The number of carbonyl (C=O) groups excluding carboxylic acids is 1. The van der Waals surface area contributed by atoms with Crippen molar-refractivity contribution in [3.63, 3.8) is 0 Å². The van der Waals surface area contributed by atoms with Gasteiger partial charge in [-0.25, -0.2) is 4.79 Å². The van der Waals surface area contributed by atoms with Gasteiger partial charge in [0.25, 0.3) is 0 Å². The maximum Gasteiger partial charge on any atom is 0.430 e. The topological polar surface area (TPSA) is 41.9 Å². The van der Waals surface area contributed by atoms with E-state index in [0.29, 0.717) is 13.2 Å². The summed E-state index contributed by atoms with van der Waals surface area (Å²) in [5.74, 6) is 0. The molecule has 4 heteroatoms. The summed E-state index contributed by atoms with van der Waals surface area (Å²) < 4.78 is 4.73. The van der Waals surface area contributed by atoms with E-state index in [1.165, 1.54) is 5.01 Å². The van der Waals surface area contributed by atoms with Gasteiger partial charge in [0.1, 0.15) is 6.61 Å². The molecule has 0 aromatic heterocycles. The molecule has 0 atom stereocenters. The molecule has 1 aliphatic rings. The minimum absolute atomic E-state index is 0.385. The Kier molecular flexibility index (Phi) is 3.33. The smallest absolute Gasteiger partial charge is 0.430 e. The number of nitrogens with zero attached hydrogens (tertiary/aromatic N) is 2. The molecular formula is C12H12N2O2. The summed E-state index contributed by atoms with van der Waals surface area (Å²) in [6.07, 6.45) is 4.91. The Hall–Kier alpha value is -2.10. The molecule has 1 aromatic carbocycles. The summed E-state index contributed by atoms with van der Waals surface area (Å²) in [6, 6.07) is 9.89. The second kappa shape index (κ2) is 5.11. The maximum absolute atomic E-state index is 11.0. The third-order valence-electron chi connectivity index (χ3n) is 2.12. The molecule has 0 N–H and O–H groups in total. The average Bonchev–Trinajstić information content (AvgIpc) is 2.72. The van der Waals surface area contributed by atoms with E-state index in [-0.39, 0.29) is 6.09 Å². The van der Waals surface area contributed by atoms with E-state index in [2.05, 4.69) is 5.10 Å². The van der Waals surface area contributed by atoms with Crippen LogP contribution in [0.15, 0.2) is 41.5 Å². The van der Waals surface area contributed by atoms with Gasteiger partial charge in [-0.2, -0.15) is 10.1 Å². The van der Waals surface area contributed by atoms with Gasteiger partial charge in [0, 0.05) is 6.21 Å². The molecule has 2 rings (SSSR count). The van der Waals surface area contributed by atoms with Crippen molar-refractivity contribution in [2.24, 2.45) is 5.10 Å². The second-order valence-corrected chi connectivity index (χ2v) is 3.27. The summed E-state index contributed by atoms with van der Waals surface area (Å²) in [6.45, 7) is 0.938. The van der Waals surface area contributed by atoms with Gasteiger partial charge in [-0.05, 0) is 11.6 Å². The van der Waals surface area contributed by atoms with Crippen molar-refractivity contribution in [2.75, 3.05) is 13.2 Å². The van der Waals surface area contributed by atoms with Crippen LogP contribution >= 0.6 is 0 Å². The monoisotopic (exact) mass is 216 g/mol. The minimum Gasteiger partial charge on any atom is -0.446 e. The summed E-state index contributed by atoms with van der Waals surface area (Å²) in [5.41, 5.74) is 1.10. The highest BCUT2D eigenvalue weighted by molar-refractivity contribution is 5.79. The van der Waals surface area contributed by atoms with Gasteiger partial charge in [0.05, 0.1) is 6.54 Å². The van der Waals surface area contributed by atoms with Crippen molar-refractivity contribution < 1.29 is 9.53 Å². The van der Waals surface area contributed by atoms with Gasteiger partial charge >= 0.3 is 6.09 Å². The molecule has 1 aliphatic heterocycles. The zero-order chi connectivity index (χ0) is 11.2. The largest absolute Gasteiger partial charge is 0.446 e. The molecule has 0 saturated carbocycles. The van der Waals surface area contributed by atoms with Crippen molar-refractivity contribution in [2.45, 2.75) is 0 Å². The van der Waals surface area contributed by atoms with E-state index in [4.69, 9.17) is 4.74 Å². The number of ether oxygens (including phenoxy) is 1. The lowest BCUT2D eigenvalue weighted by molar-refractivity contribution is 0.159. The van der Waals surface area contributed by atoms with E-state index in [1.807, 2.05) is 36.4 Å². The lowest BCUT2D eigenvalue weighted by Gasteiger charge is -2.01. The zero-order valence-electron chi connectivity index (χ0n) is 8.74. The molecule has 1 amide bonds. The standard InChI is InChI=1S/C12H12N2O2/c15-12-14(9-10-16-12)13-8-4-7-11-5-2-1-3-6-11/h1-8H,9-10H2/b7-4+,13-8+. The number of amides is 1. The van der Waals surface area contributed by atoms with Crippen LogP contribution in [0.2, 0.25) is 0 Å². The third-order valence-corrected chi connectivity index (χ3v) is 2.12. The van der Waals surface area contributed by atoms with Crippen molar-refractivity contribution in [1.29, 1.82) is 0 Å². The van der Waals surface area contributed by atoms with Gasteiger partial charge in [0.2, 0.25) is 0 Å². The second-order valence-electron chi connectivity index (χ2n) is 3.27. The number of hydrogen-bond acceptors (Lipinski definition) is 3. The Morgan fingerprint density at radius 3 is 2.81 bits per heavy atom. The highest BCUT2D eigenvalue weighted by atomic mass is 16.6. The SMILES string of the molecule is O=C1OCCN1/N=C/C=C/c1ccccc1. The first kappa shape index (κ1) is 10.4. The van der Waals surface area contributed by atoms with Crippen molar-refractivity contribution in [3.8, 4) is 0 Å². The van der Waals surface area contributed by atoms with Crippen molar-refractivity contribution in [1.82, 2.24) is 5.01 Å². The first-order valence-corrected chi connectivity index (χ1v) is 5.06. The van der Waals surface area contributed by atoms with Crippen LogP contribution in [-0.4, -0.2) is 30.5 Å².